The molecule has 1 amide bonds. The van der Waals surface area contributed by atoms with Crippen molar-refractivity contribution < 1.29 is 4.79 Å². The van der Waals surface area contributed by atoms with Gasteiger partial charge in [0.05, 0.1) is 4.88 Å². The van der Waals surface area contributed by atoms with Crippen molar-refractivity contribution in [2.24, 2.45) is 0 Å². The Balaban J connectivity index is 1.80. The highest BCUT2D eigenvalue weighted by Crippen LogP contribution is 2.28. The Hall–Kier alpha value is -2.39. The van der Waals surface area contributed by atoms with Crippen molar-refractivity contribution in [1.29, 1.82) is 0 Å². The van der Waals surface area contributed by atoms with Crippen molar-refractivity contribution in [3.63, 3.8) is 0 Å². The van der Waals surface area contributed by atoms with Crippen LogP contribution in [0.1, 0.15) is 20.8 Å². The summed E-state index contributed by atoms with van der Waals surface area (Å²) in [5.74, 6) is -0.0582. The van der Waals surface area contributed by atoms with E-state index in [-0.39, 0.29) is 5.91 Å². The van der Waals surface area contributed by atoms with Crippen LogP contribution in [-0.2, 0) is 0 Å². The van der Waals surface area contributed by atoms with Gasteiger partial charge in [0.1, 0.15) is 0 Å². The van der Waals surface area contributed by atoms with Gasteiger partial charge in [-0.05, 0) is 54.8 Å². The maximum Gasteiger partial charge on any atom is 0.265 e. The molecule has 0 aliphatic heterocycles. The third-order valence-corrected chi connectivity index (χ3v) is 4.50. The number of anilines is 1. The standard InChI is InChI=1S/C19H17NOS/c1-13-10-14(2)12-16(11-13)20-19(21)18-9-8-17(22-18)15-6-4-3-5-7-15/h3-12H,1-2H3,(H,20,21). The Kier molecular flexibility index (Phi) is 4.07. The molecule has 0 saturated carbocycles. The number of carbonyl (C=O) groups excluding carboxylic acids is 1. The Morgan fingerprint density at radius 1 is 0.909 bits per heavy atom. The fourth-order valence-electron chi connectivity index (χ4n) is 2.46. The third-order valence-electron chi connectivity index (χ3n) is 3.37. The Morgan fingerprint density at radius 3 is 2.27 bits per heavy atom. The molecule has 22 heavy (non-hydrogen) atoms. The molecule has 1 heterocycles. The molecule has 0 atom stereocenters. The van der Waals surface area contributed by atoms with E-state index >= 15 is 0 Å². The molecule has 3 rings (SSSR count). The van der Waals surface area contributed by atoms with Crippen LogP contribution in [0.15, 0.2) is 60.7 Å². The second-order valence-corrected chi connectivity index (χ2v) is 6.44. The first-order valence-electron chi connectivity index (χ1n) is 7.17. The molecule has 0 saturated heterocycles. The normalized spacial score (nSPS) is 10.5. The molecule has 110 valence electrons. The molecule has 2 nitrogen and oxygen atoms in total. The fraction of sp³-hybridized carbons (Fsp3) is 0.105. The summed E-state index contributed by atoms with van der Waals surface area (Å²) in [7, 11) is 0. The highest BCUT2D eigenvalue weighted by Gasteiger charge is 2.10. The molecule has 1 N–H and O–H groups in total. The van der Waals surface area contributed by atoms with Gasteiger partial charge in [-0.2, -0.15) is 0 Å². The molecule has 3 aromatic rings. The molecule has 3 heteroatoms. The first-order chi connectivity index (χ1) is 10.6. The van der Waals surface area contributed by atoms with Gasteiger partial charge in [-0.1, -0.05) is 36.4 Å². The summed E-state index contributed by atoms with van der Waals surface area (Å²) < 4.78 is 0. The molecule has 0 fully saturated rings. The number of rotatable bonds is 3. The van der Waals surface area contributed by atoms with E-state index in [1.165, 1.54) is 11.3 Å². The average molecular weight is 307 g/mol. The second kappa shape index (κ2) is 6.16. The average Bonchev–Trinajstić information content (AvgIpc) is 2.97. The van der Waals surface area contributed by atoms with Gasteiger partial charge < -0.3 is 5.32 Å². The van der Waals surface area contributed by atoms with Crippen LogP contribution in [0.2, 0.25) is 0 Å². The van der Waals surface area contributed by atoms with Gasteiger partial charge in [-0.25, -0.2) is 0 Å². The minimum Gasteiger partial charge on any atom is -0.321 e. The van der Waals surface area contributed by atoms with Crippen LogP contribution >= 0.6 is 11.3 Å². The fourth-order valence-corrected chi connectivity index (χ4v) is 3.36. The predicted octanol–water partition coefficient (Wildman–Crippen LogP) is 5.28. The van der Waals surface area contributed by atoms with Gasteiger partial charge >= 0.3 is 0 Å². The smallest absolute Gasteiger partial charge is 0.265 e. The van der Waals surface area contributed by atoms with Gasteiger partial charge in [0.2, 0.25) is 0 Å². The number of nitrogens with one attached hydrogen (secondary N) is 1. The summed E-state index contributed by atoms with van der Waals surface area (Å²) in [6.07, 6.45) is 0. The lowest BCUT2D eigenvalue weighted by atomic mass is 10.1. The number of benzene rings is 2. The van der Waals surface area contributed by atoms with Gasteiger partial charge in [0.15, 0.2) is 0 Å². The molecule has 1 aromatic heterocycles. The Morgan fingerprint density at radius 2 is 1.59 bits per heavy atom. The van der Waals surface area contributed by atoms with Crippen LogP contribution in [0, 0.1) is 13.8 Å². The monoisotopic (exact) mass is 307 g/mol. The molecule has 0 bridgehead atoms. The summed E-state index contributed by atoms with van der Waals surface area (Å²) >= 11 is 1.51. The highest BCUT2D eigenvalue weighted by atomic mass is 32.1. The van der Waals surface area contributed by atoms with Gasteiger partial charge in [0.25, 0.3) is 5.91 Å². The SMILES string of the molecule is Cc1cc(C)cc(NC(=O)c2ccc(-c3ccccc3)s2)c1. The van der Waals surface area contributed by atoms with Crippen LogP contribution in [0.5, 0.6) is 0 Å². The van der Waals surface area contributed by atoms with Crippen LogP contribution < -0.4 is 5.32 Å². The minimum atomic E-state index is -0.0582. The van der Waals surface area contributed by atoms with Crippen molar-refractivity contribution in [1.82, 2.24) is 0 Å². The lowest BCUT2D eigenvalue weighted by Gasteiger charge is -2.06. The topological polar surface area (TPSA) is 29.1 Å². The van der Waals surface area contributed by atoms with Crippen molar-refractivity contribution in [3.05, 3.63) is 76.7 Å². The lowest BCUT2D eigenvalue weighted by Crippen LogP contribution is -2.10. The second-order valence-electron chi connectivity index (χ2n) is 5.36. The number of hydrogen-bond donors (Lipinski definition) is 1. The minimum absolute atomic E-state index is 0.0582. The summed E-state index contributed by atoms with van der Waals surface area (Å²) in [4.78, 5) is 14.2. The van der Waals surface area contributed by atoms with Crippen molar-refractivity contribution >= 4 is 22.9 Å². The number of aryl methyl sites for hydroxylation is 2. The molecular formula is C19H17NOS. The summed E-state index contributed by atoms with van der Waals surface area (Å²) in [6, 6.07) is 20.0. The van der Waals surface area contributed by atoms with E-state index in [1.807, 2.05) is 56.3 Å². The van der Waals surface area contributed by atoms with Crippen molar-refractivity contribution in [3.8, 4) is 10.4 Å². The van der Waals surface area contributed by atoms with Crippen molar-refractivity contribution in [2.75, 3.05) is 5.32 Å². The van der Waals surface area contributed by atoms with Crippen molar-refractivity contribution in [2.45, 2.75) is 13.8 Å². The van der Waals surface area contributed by atoms with Gasteiger partial charge in [-0.3, -0.25) is 4.79 Å². The number of hydrogen-bond acceptors (Lipinski definition) is 2. The lowest BCUT2D eigenvalue weighted by molar-refractivity contribution is 0.103. The zero-order chi connectivity index (χ0) is 15.5. The van der Waals surface area contributed by atoms with Gasteiger partial charge in [-0.15, -0.1) is 11.3 Å². The van der Waals surface area contributed by atoms with E-state index < -0.39 is 0 Å². The van der Waals surface area contributed by atoms with Gasteiger partial charge in [0, 0.05) is 10.6 Å². The van der Waals surface area contributed by atoms with E-state index in [9.17, 15) is 4.79 Å². The molecule has 0 aliphatic rings. The molecular weight excluding hydrogens is 290 g/mol. The van der Waals surface area contributed by atoms with E-state index in [0.717, 1.165) is 32.1 Å². The number of amides is 1. The maximum absolute atomic E-state index is 12.4. The molecule has 2 aromatic carbocycles. The van der Waals surface area contributed by atoms with Crippen LogP contribution in [-0.4, -0.2) is 5.91 Å². The Labute approximate surface area is 134 Å². The van der Waals surface area contributed by atoms with E-state index in [4.69, 9.17) is 0 Å². The zero-order valence-electron chi connectivity index (χ0n) is 12.6. The van der Waals surface area contributed by atoms with E-state index in [2.05, 4.69) is 23.5 Å². The molecule has 0 spiro atoms. The van der Waals surface area contributed by atoms with Crippen LogP contribution in [0.4, 0.5) is 5.69 Å². The van der Waals surface area contributed by atoms with E-state index in [0.29, 0.717) is 0 Å². The highest BCUT2D eigenvalue weighted by molar-refractivity contribution is 7.17. The zero-order valence-corrected chi connectivity index (χ0v) is 13.4. The molecule has 0 aliphatic carbocycles. The largest absolute Gasteiger partial charge is 0.321 e. The predicted molar refractivity (Wildman–Crippen MR) is 93.6 cm³/mol. The summed E-state index contributed by atoms with van der Waals surface area (Å²) in [6.45, 7) is 4.06. The number of thiophene rings is 1. The Bertz CT molecular complexity index is 785. The number of carbonyl (C=O) groups is 1. The van der Waals surface area contributed by atoms with Crippen LogP contribution in [0.25, 0.3) is 10.4 Å². The summed E-state index contributed by atoms with van der Waals surface area (Å²) in [5, 5.41) is 2.98. The summed E-state index contributed by atoms with van der Waals surface area (Å²) in [5.41, 5.74) is 4.27. The first kappa shape index (κ1) is 14.5. The molecule has 0 unspecified atom stereocenters. The third kappa shape index (κ3) is 3.26. The molecule has 0 radical (unpaired) electrons. The quantitative estimate of drug-likeness (QED) is 0.700. The van der Waals surface area contributed by atoms with E-state index in [1.54, 1.807) is 0 Å². The van der Waals surface area contributed by atoms with Crippen LogP contribution in [0.3, 0.4) is 0 Å². The first-order valence-corrected chi connectivity index (χ1v) is 7.98. The maximum atomic E-state index is 12.4.